The third-order valence-corrected chi connectivity index (χ3v) is 34.6. The second kappa shape index (κ2) is 34.1. The molecule has 24 rings (SSSR count). The molecule has 8 heterocycles. The van der Waals surface area contributed by atoms with Gasteiger partial charge in [0.2, 0.25) is 0 Å². The van der Waals surface area contributed by atoms with Crippen LogP contribution in [0.2, 0.25) is 0 Å². The fraction of sp³-hybridized carbons (Fsp3) is 0.685. The Morgan fingerprint density at radius 3 is 0.993 bits per heavy atom. The van der Waals surface area contributed by atoms with Crippen LogP contribution in [0, 0.1) is 23.7 Å². The van der Waals surface area contributed by atoms with Gasteiger partial charge in [0.05, 0.1) is 57.6 Å². The highest BCUT2D eigenvalue weighted by Crippen LogP contribution is 2.71. The van der Waals surface area contributed by atoms with Gasteiger partial charge < -0.3 is 88.3 Å². The van der Waals surface area contributed by atoms with Crippen molar-refractivity contribution < 1.29 is 126 Å². The first-order valence-electron chi connectivity index (χ1n) is 51.5. The zero-order chi connectivity index (χ0) is 99.0. The number of hydrogen-bond acceptors (Lipinski definition) is 30. The molecule has 4 saturated heterocycles. The number of esters is 4. The molecule has 32 nitrogen and oxygen atoms in total. The fourth-order valence-electron chi connectivity index (χ4n) is 28.2. The number of ether oxygens (including phenoxy) is 11. The third-order valence-electron chi connectivity index (χ3n) is 34.6. The number of aliphatic hydroxyl groups is 4. The van der Waals surface area contributed by atoms with Crippen molar-refractivity contribution in [2.75, 3.05) is 59.5 Å². The van der Waals surface area contributed by atoms with E-state index in [9.17, 15) is 73.5 Å². The molecule has 756 valence electrons. The van der Waals surface area contributed by atoms with Crippen molar-refractivity contribution in [2.24, 2.45) is 23.7 Å². The molecule has 18 atom stereocenters. The number of benzene rings is 4. The maximum Gasteiger partial charge on any atom is 0.408 e. The van der Waals surface area contributed by atoms with E-state index in [-0.39, 0.29) is 90.2 Å². The number of piperidine rings is 4. The maximum atomic E-state index is 13.3. The number of carbonyl (C=O) groups is 10. The monoisotopic (exact) mass is 1930 g/mol. The molecule has 8 saturated carbocycles. The minimum atomic E-state index is -1.37. The van der Waals surface area contributed by atoms with Crippen LogP contribution in [0.25, 0.3) is 0 Å². The zero-order valence-electron chi connectivity index (χ0n) is 83.0. The minimum Gasteiger partial charge on any atom is -0.504 e. The van der Waals surface area contributed by atoms with Crippen molar-refractivity contribution in [2.45, 2.75) is 384 Å². The van der Waals surface area contributed by atoms with Gasteiger partial charge in [0.15, 0.2) is 93.5 Å². The van der Waals surface area contributed by atoms with E-state index in [0.717, 1.165) is 129 Å². The van der Waals surface area contributed by atoms with Crippen LogP contribution in [0.5, 0.6) is 46.0 Å². The lowest BCUT2D eigenvalue weighted by Gasteiger charge is -2.62. The number of phenols is 1. The van der Waals surface area contributed by atoms with Crippen molar-refractivity contribution >= 4 is 59.2 Å². The molecule has 32 heteroatoms. The largest absolute Gasteiger partial charge is 0.504 e. The Labute approximate surface area is 816 Å². The summed E-state index contributed by atoms with van der Waals surface area (Å²) >= 11 is 0. The predicted octanol–water partition coefficient (Wildman–Crippen LogP) is 10.4. The maximum absolute atomic E-state index is 13.3. The lowest BCUT2D eigenvalue weighted by atomic mass is 9.49. The van der Waals surface area contributed by atoms with Crippen LogP contribution in [-0.4, -0.2) is 269 Å². The quantitative estimate of drug-likeness (QED) is 0.0245. The van der Waals surface area contributed by atoms with Gasteiger partial charge in [-0.2, -0.15) is 0 Å². The van der Waals surface area contributed by atoms with Gasteiger partial charge in [-0.3, -0.25) is 48.4 Å². The second-order valence-corrected chi connectivity index (χ2v) is 48.2. The van der Waals surface area contributed by atoms with Crippen LogP contribution in [0.3, 0.4) is 0 Å². The molecule has 4 spiro atoms. The molecule has 20 aliphatic rings. The number of phenolic OH excluding ortho intramolecular Hbond substituents is 1. The number of rotatable bonds is 20. The molecule has 12 aliphatic carbocycles. The standard InChI is InChI=1S/C34H46N2O9.C33H44N2O9.C21H25NO4.C20H23NO4/c1-31(2,3)44-29(39)21(35-30(40)45-32(4,5)6)10-12-25(38)42-23-11-9-20-17-24-34(41)14-13-22(37)28-33(34,26(20)27(23)43-28)15-16-36(24)18-19-7-8-19;1-30(2,3)43-28(38)20(34-29(39)44-31(4,5)6)16-24(37)41-22-10-9-19-15-23-33(40)12-11-21(36)27-32(33,25(19)26(22)42-27)13-14-35(23)17-18-7-8-18;1-25-15-5-4-13-10-16-21(24)7-6-14(23)19-20(21,17(13)18(15)26-19)8-9-22(16)11-12-2-3-12;22-13-4-3-12-9-15-20(24)6-5-14(23)18-19(20,16(12)17(13)25-18)7-8-21(15)10-11-1-2-11/h9,11,19,21,24,28,41H,7-8,10,12-18H2,1-6H3,(H,35,40);9-10,18,20,23,27,40H,7-8,11-17H2,1-6H3,(H,34,39);4-5,12,16,19,24H,2-3,6-11H2,1H3;3-4,11,15,18,22,24H,1-2,5-10H2/t21-,24+,28?,33-,34+;20?,23-,27?,32+,33-;16-,19?,20+,21-;15-,18?,19+,20-/m0111/s1. The summed E-state index contributed by atoms with van der Waals surface area (Å²) in [5, 5.41) is 64.3. The van der Waals surface area contributed by atoms with E-state index in [1.807, 2.05) is 24.3 Å². The molecular weight excluding hydrogens is 1800 g/mol. The fourth-order valence-corrected chi connectivity index (χ4v) is 28.2. The summed E-state index contributed by atoms with van der Waals surface area (Å²) in [5.41, 5.74) is -2.47. The Bertz CT molecular complexity index is 5780. The Balaban J connectivity index is 0.000000114. The first-order valence-corrected chi connectivity index (χ1v) is 51.5. The van der Waals surface area contributed by atoms with E-state index in [1.165, 1.54) is 56.9 Å². The van der Waals surface area contributed by atoms with Crippen molar-refractivity contribution in [3.63, 3.8) is 0 Å². The Hall–Kier alpha value is -9.54. The second-order valence-electron chi connectivity index (χ2n) is 48.2. The number of nitrogens with zero attached hydrogens (tertiary/aromatic N) is 4. The Morgan fingerprint density at radius 1 is 0.386 bits per heavy atom. The summed E-state index contributed by atoms with van der Waals surface area (Å²) in [4.78, 5) is 140. The number of nitrogens with one attached hydrogen (secondary N) is 2. The number of carbonyl (C=O) groups excluding carboxylic acids is 10. The topological polar surface area (TPSA) is 410 Å². The van der Waals surface area contributed by atoms with E-state index >= 15 is 0 Å². The smallest absolute Gasteiger partial charge is 0.408 e. The average molecular weight is 1940 g/mol. The number of amides is 2. The molecule has 8 aliphatic heterocycles. The average Bonchev–Trinajstić information content (AvgIpc) is 1.48. The lowest BCUT2D eigenvalue weighted by molar-refractivity contribution is -0.188. The molecule has 4 aromatic rings. The highest BCUT2D eigenvalue weighted by molar-refractivity contribution is 5.94. The van der Waals surface area contributed by atoms with Gasteiger partial charge in [-0.05, 0) is 314 Å². The van der Waals surface area contributed by atoms with Gasteiger partial charge in [-0.15, -0.1) is 0 Å². The van der Waals surface area contributed by atoms with Crippen molar-refractivity contribution in [3.8, 4) is 46.0 Å². The molecule has 2 amide bonds. The zero-order valence-corrected chi connectivity index (χ0v) is 83.0. The van der Waals surface area contributed by atoms with Crippen LogP contribution < -0.4 is 43.8 Å². The van der Waals surface area contributed by atoms with Crippen LogP contribution in [-0.2, 0) is 105 Å². The summed E-state index contributed by atoms with van der Waals surface area (Å²) in [6.07, 6.45) is 13.3. The van der Waals surface area contributed by atoms with Gasteiger partial charge in [-0.1, -0.05) is 24.3 Å². The molecule has 0 aromatic heterocycles. The molecule has 5 unspecified atom stereocenters. The summed E-state index contributed by atoms with van der Waals surface area (Å²) < 4.78 is 63.7. The predicted molar refractivity (Wildman–Crippen MR) is 504 cm³/mol. The Kier molecular flexibility index (Phi) is 23.5. The summed E-state index contributed by atoms with van der Waals surface area (Å²) in [5.74, 6) is 2.96. The highest BCUT2D eigenvalue weighted by atomic mass is 16.6. The van der Waals surface area contributed by atoms with Gasteiger partial charge in [0.1, 0.15) is 34.5 Å². The van der Waals surface area contributed by atoms with E-state index in [4.69, 9.17) is 52.1 Å². The number of aromatic hydroxyl groups is 1. The molecular formula is C108H138N6O26. The molecule has 140 heavy (non-hydrogen) atoms. The number of methoxy groups -OCH3 is 1. The van der Waals surface area contributed by atoms with Crippen molar-refractivity contribution in [1.29, 1.82) is 0 Å². The minimum absolute atomic E-state index is 0.0381. The molecule has 7 N–H and O–H groups in total. The molecule has 0 radical (unpaired) electrons. The van der Waals surface area contributed by atoms with E-state index < -0.39 is 145 Å². The van der Waals surface area contributed by atoms with E-state index in [2.05, 4.69) is 36.3 Å². The first-order chi connectivity index (χ1) is 66.1. The number of ketones is 4. The SMILES string of the molecule is CC(C)(C)OC(=O)NC(CC(=O)Oc1ccc2c3c1OC1C(=O)CC[C@@]4(O)[C@@H](C2)N(CC2CC2)CC[C@]314)C(=O)OC(C)(C)C.CC(C)(C)OC(=O)N[C@@H](CCC(=O)Oc1ccc2c3c1OC1C(=O)CC[C@@]4(O)[C@@H](C2)N(CC2CC2)CC[C@]314)C(=O)OC(C)(C)C.COc1ccc2c3c1OC1C(=O)CC[C@@]4(O)[C@@H](C2)N(CC2CC2)CC[C@]314.O=C1CC[C@@]2(O)[C@H]3Cc4ccc(O)c5c4[C@@]2(CCN3CC2CC2)C1O5. The van der Waals surface area contributed by atoms with Gasteiger partial charge in [0.25, 0.3) is 0 Å². The molecule has 8 bridgehead atoms. The van der Waals surface area contributed by atoms with Crippen molar-refractivity contribution in [1.82, 2.24) is 30.2 Å². The van der Waals surface area contributed by atoms with E-state index in [0.29, 0.717) is 105 Å². The number of likely N-dealkylation sites (tertiary alicyclic amines) is 4. The van der Waals surface area contributed by atoms with Gasteiger partial charge >= 0.3 is 36.1 Å². The summed E-state index contributed by atoms with van der Waals surface area (Å²) in [6, 6.07) is 12.3. The molecule has 4 aromatic carbocycles. The number of alkyl carbamates (subject to hydrolysis) is 2. The molecule has 12 fully saturated rings. The van der Waals surface area contributed by atoms with Crippen LogP contribution >= 0.6 is 0 Å². The van der Waals surface area contributed by atoms with Crippen molar-refractivity contribution in [3.05, 3.63) is 93.0 Å². The van der Waals surface area contributed by atoms with Gasteiger partial charge in [-0.25, -0.2) is 19.2 Å². The third kappa shape index (κ3) is 16.0. The first kappa shape index (κ1) is 96.6. The summed E-state index contributed by atoms with van der Waals surface area (Å²) in [7, 11) is 1.64. The number of hydrogen-bond donors (Lipinski definition) is 7. The summed E-state index contributed by atoms with van der Waals surface area (Å²) in [6.45, 7) is 27.8. The highest BCUT2D eigenvalue weighted by Gasteiger charge is 2.79. The Morgan fingerprint density at radius 2 is 0.671 bits per heavy atom. The van der Waals surface area contributed by atoms with Gasteiger partial charge in [0, 0.05) is 105 Å². The normalized spacial score (nSPS) is 33.6. The lowest BCUT2D eigenvalue weighted by Crippen LogP contribution is -2.76. The van der Waals surface area contributed by atoms with Crippen LogP contribution in [0.1, 0.15) is 275 Å². The van der Waals surface area contributed by atoms with E-state index in [1.54, 1.807) is 108 Å². The van der Waals surface area contributed by atoms with Crippen LogP contribution in [0.15, 0.2) is 48.5 Å². The van der Waals surface area contributed by atoms with Crippen LogP contribution in [0.4, 0.5) is 9.59 Å². The number of Topliss-reactive ketones (excluding diaryl/α,β-unsaturated/α-hetero) is 4.